The largest absolute Gasteiger partial charge is 0.508 e. The predicted molar refractivity (Wildman–Crippen MR) is 82.2 cm³/mol. The van der Waals surface area contributed by atoms with Gasteiger partial charge in [-0.1, -0.05) is 6.07 Å². The maximum Gasteiger partial charge on any atom is 0.219 e. The topological polar surface area (TPSA) is 43.8 Å². The van der Waals surface area contributed by atoms with Crippen LogP contribution in [0.15, 0.2) is 18.2 Å². The molecule has 4 nitrogen and oxygen atoms in total. The van der Waals surface area contributed by atoms with Crippen molar-refractivity contribution in [1.82, 2.24) is 9.80 Å². The van der Waals surface area contributed by atoms with E-state index in [9.17, 15) is 9.90 Å². The molecule has 1 fully saturated rings. The molecule has 0 radical (unpaired) electrons. The predicted octanol–water partition coefficient (Wildman–Crippen LogP) is 2.32. The summed E-state index contributed by atoms with van der Waals surface area (Å²) in [5.41, 5.74) is 2.66. The number of aromatic hydroxyl groups is 1. The molecular formula is C17H24N2O2. The molecule has 1 saturated heterocycles. The van der Waals surface area contributed by atoms with Crippen LogP contribution in [-0.2, 0) is 11.2 Å². The van der Waals surface area contributed by atoms with E-state index in [-0.39, 0.29) is 5.91 Å². The molecule has 1 heterocycles. The maximum atomic E-state index is 11.6. The summed E-state index contributed by atoms with van der Waals surface area (Å²) >= 11 is 0. The molecule has 1 aromatic carbocycles. The van der Waals surface area contributed by atoms with Gasteiger partial charge in [-0.2, -0.15) is 0 Å². The highest BCUT2D eigenvalue weighted by molar-refractivity contribution is 5.73. The molecule has 4 heteroatoms. The van der Waals surface area contributed by atoms with Crippen LogP contribution in [0.25, 0.3) is 0 Å². The van der Waals surface area contributed by atoms with E-state index in [1.807, 2.05) is 11.0 Å². The van der Waals surface area contributed by atoms with E-state index >= 15 is 0 Å². The number of phenols is 1. The average molecular weight is 288 g/mol. The van der Waals surface area contributed by atoms with Crippen molar-refractivity contribution >= 4 is 5.91 Å². The zero-order valence-electron chi connectivity index (χ0n) is 12.7. The van der Waals surface area contributed by atoms with Crippen LogP contribution >= 0.6 is 0 Å². The van der Waals surface area contributed by atoms with E-state index in [0.29, 0.717) is 11.8 Å². The van der Waals surface area contributed by atoms with Crippen LogP contribution in [0.4, 0.5) is 0 Å². The monoisotopic (exact) mass is 288 g/mol. The number of nitrogens with zero attached hydrogens (tertiary/aromatic N) is 2. The second kappa shape index (κ2) is 6.06. The van der Waals surface area contributed by atoms with Crippen molar-refractivity contribution in [2.45, 2.75) is 38.6 Å². The molecule has 0 saturated carbocycles. The molecule has 3 rings (SSSR count). The molecule has 21 heavy (non-hydrogen) atoms. The number of fused-ring (bicyclic) bond motifs is 1. The molecule has 0 bridgehead atoms. The summed E-state index contributed by atoms with van der Waals surface area (Å²) < 4.78 is 0. The van der Waals surface area contributed by atoms with Crippen LogP contribution in [0.3, 0.4) is 0 Å². The Morgan fingerprint density at radius 1 is 1.19 bits per heavy atom. The number of amides is 1. The zero-order valence-corrected chi connectivity index (χ0v) is 12.7. The second-order valence-corrected chi connectivity index (χ2v) is 6.19. The fraction of sp³-hybridized carbons (Fsp3) is 0.588. The SMILES string of the molecule is CC(=O)N1CCCN(C2CCCc3cc(O)ccc32)CC1. The van der Waals surface area contributed by atoms with Crippen LogP contribution in [0.5, 0.6) is 5.75 Å². The van der Waals surface area contributed by atoms with Gasteiger partial charge >= 0.3 is 0 Å². The molecule has 1 unspecified atom stereocenters. The fourth-order valence-electron chi connectivity index (χ4n) is 3.72. The van der Waals surface area contributed by atoms with Crippen molar-refractivity contribution in [3.05, 3.63) is 29.3 Å². The Morgan fingerprint density at radius 3 is 2.86 bits per heavy atom. The molecule has 1 aliphatic heterocycles. The van der Waals surface area contributed by atoms with Crippen LogP contribution < -0.4 is 0 Å². The lowest BCUT2D eigenvalue weighted by molar-refractivity contribution is -0.128. The Bertz CT molecular complexity index is 530. The van der Waals surface area contributed by atoms with Gasteiger partial charge in [0.2, 0.25) is 5.91 Å². The molecule has 1 amide bonds. The van der Waals surface area contributed by atoms with E-state index in [0.717, 1.165) is 39.0 Å². The van der Waals surface area contributed by atoms with E-state index < -0.39 is 0 Å². The number of aryl methyl sites for hydroxylation is 1. The van der Waals surface area contributed by atoms with Gasteiger partial charge in [0.15, 0.2) is 0 Å². The van der Waals surface area contributed by atoms with Gasteiger partial charge in [-0.05, 0) is 48.9 Å². The highest BCUT2D eigenvalue weighted by Crippen LogP contribution is 2.36. The third-order valence-corrected chi connectivity index (χ3v) is 4.83. The van der Waals surface area contributed by atoms with Gasteiger partial charge in [0.25, 0.3) is 0 Å². The molecule has 0 aromatic heterocycles. The van der Waals surface area contributed by atoms with Crippen molar-refractivity contribution in [3.63, 3.8) is 0 Å². The lowest BCUT2D eigenvalue weighted by atomic mass is 9.86. The van der Waals surface area contributed by atoms with E-state index in [4.69, 9.17) is 0 Å². The summed E-state index contributed by atoms with van der Waals surface area (Å²) in [4.78, 5) is 16.0. The Kier molecular flexibility index (Phi) is 4.15. The molecule has 1 aromatic rings. The number of hydrogen-bond acceptors (Lipinski definition) is 3. The Morgan fingerprint density at radius 2 is 2.05 bits per heavy atom. The quantitative estimate of drug-likeness (QED) is 0.862. The van der Waals surface area contributed by atoms with Crippen molar-refractivity contribution in [1.29, 1.82) is 0 Å². The van der Waals surface area contributed by atoms with Gasteiger partial charge in [-0.15, -0.1) is 0 Å². The van der Waals surface area contributed by atoms with Crippen LogP contribution in [0, 0.1) is 0 Å². The Hall–Kier alpha value is -1.55. The van der Waals surface area contributed by atoms with Gasteiger partial charge in [0.05, 0.1) is 0 Å². The van der Waals surface area contributed by atoms with Gasteiger partial charge in [-0.25, -0.2) is 0 Å². The minimum Gasteiger partial charge on any atom is -0.508 e. The van der Waals surface area contributed by atoms with Crippen LogP contribution in [0.1, 0.15) is 43.4 Å². The highest BCUT2D eigenvalue weighted by Gasteiger charge is 2.28. The maximum absolute atomic E-state index is 11.6. The normalized spacial score (nSPS) is 23.5. The molecule has 1 atom stereocenters. The number of hydrogen-bond donors (Lipinski definition) is 1. The van der Waals surface area contributed by atoms with Gasteiger partial charge < -0.3 is 10.0 Å². The number of carbonyl (C=O) groups excluding carboxylic acids is 1. The number of carbonyl (C=O) groups is 1. The van der Waals surface area contributed by atoms with E-state index in [2.05, 4.69) is 11.0 Å². The van der Waals surface area contributed by atoms with Gasteiger partial charge in [-0.3, -0.25) is 9.69 Å². The smallest absolute Gasteiger partial charge is 0.219 e. The molecule has 114 valence electrons. The molecule has 0 spiro atoms. The molecular weight excluding hydrogens is 264 g/mol. The first kappa shape index (κ1) is 14.4. The van der Waals surface area contributed by atoms with Crippen molar-refractivity contribution < 1.29 is 9.90 Å². The van der Waals surface area contributed by atoms with Crippen molar-refractivity contribution in [2.24, 2.45) is 0 Å². The third kappa shape index (κ3) is 3.05. The summed E-state index contributed by atoms with van der Waals surface area (Å²) in [5.74, 6) is 0.554. The lowest BCUT2D eigenvalue weighted by Crippen LogP contribution is -2.36. The highest BCUT2D eigenvalue weighted by atomic mass is 16.3. The minimum atomic E-state index is 0.186. The third-order valence-electron chi connectivity index (χ3n) is 4.83. The summed E-state index contributed by atoms with van der Waals surface area (Å²) in [5, 5.41) is 9.67. The first-order valence-electron chi connectivity index (χ1n) is 7.96. The summed E-state index contributed by atoms with van der Waals surface area (Å²) in [6, 6.07) is 6.25. The minimum absolute atomic E-state index is 0.186. The fourth-order valence-corrected chi connectivity index (χ4v) is 3.72. The Balaban J connectivity index is 1.77. The van der Waals surface area contributed by atoms with E-state index in [1.165, 1.54) is 24.0 Å². The Labute approximate surface area is 126 Å². The van der Waals surface area contributed by atoms with E-state index in [1.54, 1.807) is 13.0 Å². The summed E-state index contributed by atoms with van der Waals surface area (Å²) in [6.07, 6.45) is 4.46. The first-order valence-corrected chi connectivity index (χ1v) is 7.96. The second-order valence-electron chi connectivity index (χ2n) is 6.19. The lowest BCUT2D eigenvalue weighted by Gasteiger charge is -2.35. The molecule has 2 aliphatic rings. The van der Waals surface area contributed by atoms with Crippen molar-refractivity contribution in [3.8, 4) is 5.75 Å². The molecule has 1 N–H and O–H groups in total. The van der Waals surface area contributed by atoms with Gasteiger partial charge in [0.1, 0.15) is 5.75 Å². The molecule has 1 aliphatic carbocycles. The summed E-state index contributed by atoms with van der Waals surface area (Å²) in [7, 11) is 0. The van der Waals surface area contributed by atoms with Crippen molar-refractivity contribution in [2.75, 3.05) is 26.2 Å². The summed E-state index contributed by atoms with van der Waals surface area (Å²) in [6.45, 7) is 5.37. The van der Waals surface area contributed by atoms with Crippen LogP contribution in [-0.4, -0.2) is 47.0 Å². The average Bonchev–Trinajstić information content (AvgIpc) is 2.72. The zero-order chi connectivity index (χ0) is 14.8. The number of benzene rings is 1. The number of phenolic OH excluding ortho intramolecular Hbond substituents is 1. The van der Waals surface area contributed by atoms with Crippen LogP contribution in [0.2, 0.25) is 0 Å². The van der Waals surface area contributed by atoms with Gasteiger partial charge in [0, 0.05) is 39.1 Å². The standard InChI is InChI=1S/C17H24N2O2/c1-13(20)18-8-3-9-19(11-10-18)17-5-2-4-14-12-15(21)6-7-16(14)17/h6-7,12,17,21H,2-5,8-11H2,1H3. The first-order chi connectivity index (χ1) is 10.1. The number of rotatable bonds is 1.